The average molecular weight is 477 g/mol. The summed E-state index contributed by atoms with van der Waals surface area (Å²) in [5, 5.41) is 1.30. The van der Waals surface area contributed by atoms with Crippen molar-refractivity contribution in [2.24, 2.45) is 5.92 Å². The predicted octanol–water partition coefficient (Wildman–Crippen LogP) is 5.61. The van der Waals surface area contributed by atoms with Crippen LogP contribution < -0.4 is 4.90 Å². The number of ether oxygens (including phenoxy) is 1. The number of methoxy groups -OCH3 is 1. The second kappa shape index (κ2) is 8.85. The Balaban J connectivity index is 1.28. The van der Waals surface area contributed by atoms with Gasteiger partial charge in [-0.25, -0.2) is 4.39 Å². The number of carbonyl (C=O) groups excluding carboxylic acids is 1. The molecule has 0 radical (unpaired) electrons. The monoisotopic (exact) mass is 476 g/mol. The molecule has 2 aromatic carbocycles. The molecule has 0 aromatic heterocycles. The Morgan fingerprint density at radius 3 is 2.44 bits per heavy atom. The first-order valence-electron chi connectivity index (χ1n) is 11.3. The minimum Gasteiger partial charge on any atom is -0.469 e. The van der Waals surface area contributed by atoms with Gasteiger partial charge in [-0.3, -0.25) is 9.69 Å². The van der Waals surface area contributed by atoms with Gasteiger partial charge in [0.05, 0.1) is 28.8 Å². The molecule has 2 aliphatic heterocycles. The third kappa shape index (κ3) is 3.89. The highest BCUT2D eigenvalue weighted by molar-refractivity contribution is 6.39. The number of anilines is 1. The Kier molecular flexibility index (Phi) is 6.08. The summed E-state index contributed by atoms with van der Waals surface area (Å²) < 4.78 is 20.2. The van der Waals surface area contributed by atoms with Crippen LogP contribution in [0.3, 0.4) is 0 Å². The molecule has 2 saturated heterocycles. The highest BCUT2D eigenvalue weighted by atomic mass is 35.5. The normalized spacial score (nSPS) is 22.0. The van der Waals surface area contributed by atoms with Gasteiger partial charge in [0, 0.05) is 30.6 Å². The van der Waals surface area contributed by atoms with Crippen LogP contribution in [-0.4, -0.2) is 44.2 Å². The Morgan fingerprint density at radius 1 is 1.09 bits per heavy atom. The molecule has 2 fully saturated rings. The summed E-state index contributed by atoms with van der Waals surface area (Å²) in [6, 6.07) is 9.58. The van der Waals surface area contributed by atoms with E-state index in [-0.39, 0.29) is 29.7 Å². The van der Waals surface area contributed by atoms with Gasteiger partial charge in [-0.1, -0.05) is 35.3 Å². The van der Waals surface area contributed by atoms with Gasteiger partial charge in [0.1, 0.15) is 5.82 Å². The number of carbonyl (C=O) groups is 1. The minimum absolute atomic E-state index is 0.0301. The third-order valence-electron chi connectivity index (χ3n) is 7.37. The van der Waals surface area contributed by atoms with E-state index in [9.17, 15) is 4.79 Å². The molecule has 32 heavy (non-hydrogen) atoms. The van der Waals surface area contributed by atoms with E-state index in [0.29, 0.717) is 10.0 Å². The molecule has 1 unspecified atom stereocenters. The molecular weight excluding hydrogens is 450 g/mol. The number of benzene rings is 2. The maximum atomic E-state index is 15.3. The van der Waals surface area contributed by atoms with Crippen molar-refractivity contribution in [1.82, 2.24) is 4.90 Å². The number of para-hydroxylation sites is 1. The molecule has 5 rings (SSSR count). The molecule has 170 valence electrons. The fourth-order valence-corrected chi connectivity index (χ4v) is 6.23. The maximum Gasteiger partial charge on any atom is 0.308 e. The molecule has 2 heterocycles. The average Bonchev–Trinajstić information content (AvgIpc) is 3.19. The molecule has 7 heteroatoms. The van der Waals surface area contributed by atoms with E-state index in [1.54, 1.807) is 6.07 Å². The van der Waals surface area contributed by atoms with Gasteiger partial charge in [-0.05, 0) is 68.1 Å². The zero-order valence-corrected chi connectivity index (χ0v) is 19.6. The number of esters is 1. The van der Waals surface area contributed by atoms with Crippen molar-refractivity contribution in [3.63, 3.8) is 0 Å². The standard InChI is InChI=1S/C25H27Cl2FN2O2/c1-32-25(31)15-7-9-29(10-8-15)22-6-5-16-11-17(12-21(28)23(16)22)18-13-30(14-18)24-19(26)3-2-4-20(24)27/h2-4,11-12,15,18,22H,5-10,13-14H2,1H3. The van der Waals surface area contributed by atoms with E-state index >= 15 is 4.39 Å². The van der Waals surface area contributed by atoms with Gasteiger partial charge in [-0.2, -0.15) is 0 Å². The zero-order chi connectivity index (χ0) is 22.4. The summed E-state index contributed by atoms with van der Waals surface area (Å²) >= 11 is 12.7. The predicted molar refractivity (Wildman–Crippen MR) is 125 cm³/mol. The number of piperidine rings is 1. The van der Waals surface area contributed by atoms with Crippen LogP contribution in [0.2, 0.25) is 10.0 Å². The van der Waals surface area contributed by atoms with Gasteiger partial charge in [0.15, 0.2) is 0 Å². The molecule has 0 saturated carbocycles. The van der Waals surface area contributed by atoms with Gasteiger partial charge in [0.2, 0.25) is 0 Å². The Morgan fingerprint density at radius 2 is 1.78 bits per heavy atom. The number of halogens is 3. The fraction of sp³-hybridized carbons (Fsp3) is 0.480. The third-order valence-corrected chi connectivity index (χ3v) is 7.98. The lowest BCUT2D eigenvalue weighted by atomic mass is 9.88. The molecule has 0 spiro atoms. The van der Waals surface area contributed by atoms with Crippen LogP contribution in [-0.2, 0) is 16.0 Å². The second-order valence-electron chi connectivity index (χ2n) is 9.14. The largest absolute Gasteiger partial charge is 0.469 e. The van der Waals surface area contributed by atoms with Crippen molar-refractivity contribution in [2.75, 3.05) is 38.2 Å². The fourth-order valence-electron chi connectivity index (χ4n) is 5.59. The van der Waals surface area contributed by atoms with Crippen LogP contribution >= 0.6 is 23.2 Å². The SMILES string of the molecule is COC(=O)C1CCN(C2CCc3cc(C4CN(c5c(Cl)cccc5Cl)C4)cc(F)c32)CC1. The lowest BCUT2D eigenvalue weighted by Crippen LogP contribution is -2.45. The van der Waals surface area contributed by atoms with E-state index in [0.717, 1.165) is 74.2 Å². The van der Waals surface area contributed by atoms with Crippen molar-refractivity contribution in [2.45, 2.75) is 37.6 Å². The van der Waals surface area contributed by atoms with Gasteiger partial charge < -0.3 is 9.64 Å². The van der Waals surface area contributed by atoms with E-state index in [4.69, 9.17) is 27.9 Å². The molecule has 0 bridgehead atoms. The number of hydrogen-bond acceptors (Lipinski definition) is 4. The van der Waals surface area contributed by atoms with Crippen molar-refractivity contribution in [3.8, 4) is 0 Å². The summed E-state index contributed by atoms with van der Waals surface area (Å²) in [4.78, 5) is 16.3. The summed E-state index contributed by atoms with van der Waals surface area (Å²) in [5.74, 6) is 0.0266. The van der Waals surface area contributed by atoms with Crippen molar-refractivity contribution in [1.29, 1.82) is 0 Å². The Labute approximate surface area is 198 Å². The van der Waals surface area contributed by atoms with Crippen LogP contribution in [0, 0.1) is 11.7 Å². The summed E-state index contributed by atoms with van der Waals surface area (Å²) in [6.07, 6.45) is 3.39. The number of aryl methyl sites for hydroxylation is 1. The van der Waals surface area contributed by atoms with Crippen LogP contribution in [0.5, 0.6) is 0 Å². The van der Waals surface area contributed by atoms with Crippen molar-refractivity contribution in [3.05, 3.63) is 62.9 Å². The van der Waals surface area contributed by atoms with E-state index in [1.807, 2.05) is 18.2 Å². The molecule has 0 amide bonds. The van der Waals surface area contributed by atoms with Crippen LogP contribution in [0.1, 0.15) is 47.9 Å². The quantitative estimate of drug-likeness (QED) is 0.536. The van der Waals surface area contributed by atoms with Crippen molar-refractivity contribution >= 4 is 34.9 Å². The van der Waals surface area contributed by atoms with Gasteiger partial charge >= 0.3 is 5.97 Å². The number of likely N-dealkylation sites (tertiary alicyclic amines) is 1. The van der Waals surface area contributed by atoms with E-state index in [2.05, 4.69) is 15.9 Å². The van der Waals surface area contributed by atoms with Gasteiger partial charge in [0.25, 0.3) is 0 Å². The molecular formula is C25H27Cl2FN2O2. The Bertz CT molecular complexity index is 1010. The molecule has 3 aliphatic rings. The highest BCUT2D eigenvalue weighted by Gasteiger charge is 2.37. The number of hydrogen-bond donors (Lipinski definition) is 0. The molecule has 4 nitrogen and oxygen atoms in total. The zero-order valence-electron chi connectivity index (χ0n) is 18.1. The topological polar surface area (TPSA) is 32.8 Å². The lowest BCUT2D eigenvalue weighted by Gasteiger charge is -2.42. The minimum atomic E-state index is -0.125. The summed E-state index contributed by atoms with van der Waals surface area (Å²) in [5.41, 5.74) is 3.92. The second-order valence-corrected chi connectivity index (χ2v) is 9.95. The first-order valence-corrected chi connectivity index (χ1v) is 12.0. The number of nitrogens with zero attached hydrogens (tertiary/aromatic N) is 2. The van der Waals surface area contributed by atoms with E-state index < -0.39 is 0 Å². The van der Waals surface area contributed by atoms with Crippen LogP contribution in [0.4, 0.5) is 10.1 Å². The van der Waals surface area contributed by atoms with E-state index in [1.165, 1.54) is 7.11 Å². The molecule has 2 aromatic rings. The lowest BCUT2D eigenvalue weighted by molar-refractivity contribution is -0.147. The van der Waals surface area contributed by atoms with Crippen LogP contribution in [0.25, 0.3) is 0 Å². The molecule has 1 atom stereocenters. The van der Waals surface area contributed by atoms with Crippen LogP contribution in [0.15, 0.2) is 30.3 Å². The number of rotatable bonds is 4. The first-order chi connectivity index (χ1) is 15.5. The Hall–Kier alpha value is -1.82. The molecule has 0 N–H and O–H groups in total. The summed E-state index contributed by atoms with van der Waals surface area (Å²) in [6.45, 7) is 3.18. The van der Waals surface area contributed by atoms with Crippen molar-refractivity contribution < 1.29 is 13.9 Å². The highest BCUT2D eigenvalue weighted by Crippen LogP contribution is 2.44. The van der Waals surface area contributed by atoms with Gasteiger partial charge in [-0.15, -0.1) is 0 Å². The molecule has 1 aliphatic carbocycles. The smallest absolute Gasteiger partial charge is 0.308 e. The number of fused-ring (bicyclic) bond motifs is 1. The first kappa shape index (κ1) is 22.0. The summed E-state index contributed by atoms with van der Waals surface area (Å²) in [7, 11) is 1.44. The maximum absolute atomic E-state index is 15.3.